The molecule has 0 atom stereocenters. The third kappa shape index (κ3) is 4.53. The molecular weight excluding hydrogens is 419 g/mol. The summed E-state index contributed by atoms with van der Waals surface area (Å²) >= 11 is 13.2. The molecule has 2 heterocycles. The molecule has 0 aliphatic carbocycles. The van der Waals surface area contributed by atoms with Gasteiger partial charge in [0.15, 0.2) is 5.00 Å². The van der Waals surface area contributed by atoms with E-state index in [-0.39, 0.29) is 10.6 Å². The number of nitrogens with zero attached hydrogens (tertiary/aromatic N) is 3. The van der Waals surface area contributed by atoms with Gasteiger partial charge in [-0.2, -0.15) is 4.36 Å². The van der Waals surface area contributed by atoms with Gasteiger partial charge in [0.25, 0.3) is 0 Å². The Hall–Kier alpha value is -1.68. The maximum Gasteiger partial charge on any atom is 0.351 e. The molecule has 0 saturated carbocycles. The molecule has 2 amide bonds. The molecule has 2 aromatic rings. The Balaban J connectivity index is 1.61. The van der Waals surface area contributed by atoms with Crippen molar-refractivity contribution in [3.05, 3.63) is 49.8 Å². The van der Waals surface area contributed by atoms with Gasteiger partial charge in [0.05, 0.1) is 15.6 Å². The molecular formula is C15H14Cl2N4O3S2. The first-order valence-corrected chi connectivity index (χ1v) is 10.7. The lowest BCUT2D eigenvalue weighted by molar-refractivity contribution is -0.383. The van der Waals surface area contributed by atoms with Crippen molar-refractivity contribution in [1.82, 2.24) is 0 Å². The minimum absolute atomic E-state index is 0.129. The highest BCUT2D eigenvalue weighted by atomic mass is 35.5. The van der Waals surface area contributed by atoms with E-state index in [2.05, 4.69) is 9.68 Å². The zero-order valence-electron chi connectivity index (χ0n) is 13.4. The van der Waals surface area contributed by atoms with Gasteiger partial charge in [0.1, 0.15) is 0 Å². The topological polar surface area (TPSA) is 87.8 Å². The number of rotatable bonds is 3. The summed E-state index contributed by atoms with van der Waals surface area (Å²) in [4.78, 5) is 24.8. The highest BCUT2D eigenvalue weighted by molar-refractivity contribution is 7.87. The van der Waals surface area contributed by atoms with E-state index in [9.17, 15) is 14.9 Å². The van der Waals surface area contributed by atoms with Crippen molar-refractivity contribution < 1.29 is 9.72 Å². The van der Waals surface area contributed by atoms with E-state index in [4.69, 9.17) is 23.2 Å². The number of thiophene rings is 1. The van der Waals surface area contributed by atoms with Crippen molar-refractivity contribution in [3.8, 4) is 0 Å². The van der Waals surface area contributed by atoms with Crippen LogP contribution in [0, 0.1) is 10.1 Å². The van der Waals surface area contributed by atoms with E-state index in [0.29, 0.717) is 45.3 Å². The van der Waals surface area contributed by atoms with E-state index in [1.54, 1.807) is 23.6 Å². The van der Waals surface area contributed by atoms with Crippen molar-refractivity contribution in [3.63, 3.8) is 0 Å². The molecule has 1 aliphatic rings. The summed E-state index contributed by atoms with van der Waals surface area (Å²) in [6, 6.07) is 5.88. The van der Waals surface area contributed by atoms with Crippen LogP contribution >= 0.6 is 34.5 Å². The van der Waals surface area contributed by atoms with Gasteiger partial charge in [-0.15, -0.1) is 11.3 Å². The van der Waals surface area contributed by atoms with Crippen LogP contribution in [0.15, 0.2) is 34.0 Å². The first kappa shape index (κ1) is 19.1. The number of anilines is 2. The molecule has 1 aromatic carbocycles. The van der Waals surface area contributed by atoms with Gasteiger partial charge in [-0.05, 0) is 23.6 Å². The molecule has 1 aliphatic heterocycles. The Labute approximate surface area is 166 Å². The number of nitro groups is 1. The van der Waals surface area contributed by atoms with Crippen LogP contribution in [0.1, 0.15) is 0 Å². The van der Waals surface area contributed by atoms with Gasteiger partial charge >= 0.3 is 11.7 Å². The van der Waals surface area contributed by atoms with E-state index in [1.807, 2.05) is 4.90 Å². The maximum absolute atomic E-state index is 12.1. The molecule has 138 valence electrons. The van der Waals surface area contributed by atoms with Crippen LogP contribution in [0.4, 0.5) is 21.2 Å². The predicted molar refractivity (Wildman–Crippen MR) is 108 cm³/mol. The highest BCUT2D eigenvalue weighted by Gasteiger charge is 2.24. The Morgan fingerprint density at radius 2 is 2.04 bits per heavy atom. The second-order valence-corrected chi connectivity index (χ2v) is 9.03. The zero-order chi connectivity index (χ0) is 18.7. The number of urea groups is 1. The van der Waals surface area contributed by atoms with Crippen LogP contribution in [0.3, 0.4) is 0 Å². The number of carbonyl (C=O) groups is 1. The van der Waals surface area contributed by atoms with Crippen molar-refractivity contribution in [2.24, 2.45) is 4.36 Å². The molecule has 0 bridgehead atoms. The lowest BCUT2D eigenvalue weighted by atomic mass is 10.3. The fourth-order valence-electron chi connectivity index (χ4n) is 2.46. The maximum atomic E-state index is 12.1. The SMILES string of the molecule is O=C(N=S1CCN(c2sccc2[N+](=O)[O-])CC1)Nc1ccc(Cl)cc1Cl. The molecule has 1 fully saturated rings. The highest BCUT2D eigenvalue weighted by Crippen LogP contribution is 2.34. The predicted octanol–water partition coefficient (Wildman–Crippen LogP) is 4.82. The first-order valence-electron chi connectivity index (χ1n) is 7.56. The van der Waals surface area contributed by atoms with Crippen LogP contribution in [0.5, 0.6) is 0 Å². The fourth-order valence-corrected chi connectivity index (χ4v) is 5.36. The smallest absolute Gasteiger partial charge is 0.351 e. The number of carbonyl (C=O) groups excluding carboxylic acids is 1. The minimum atomic E-state index is -0.451. The lowest BCUT2D eigenvalue weighted by Crippen LogP contribution is -2.37. The fraction of sp³-hybridized carbons (Fsp3) is 0.267. The molecule has 0 spiro atoms. The summed E-state index contributed by atoms with van der Waals surface area (Å²) in [5.74, 6) is 1.35. The van der Waals surface area contributed by atoms with Gasteiger partial charge in [0, 0.05) is 35.7 Å². The molecule has 1 saturated heterocycles. The quantitative estimate of drug-likeness (QED) is 0.556. The molecule has 11 heteroatoms. The van der Waals surface area contributed by atoms with Crippen molar-refractivity contribution >= 4 is 67.6 Å². The number of hydrogen-bond acceptors (Lipinski definition) is 5. The third-order valence-electron chi connectivity index (χ3n) is 3.69. The van der Waals surface area contributed by atoms with Gasteiger partial charge in [0.2, 0.25) is 0 Å². The van der Waals surface area contributed by atoms with Crippen LogP contribution in [-0.2, 0) is 10.7 Å². The van der Waals surface area contributed by atoms with Crippen LogP contribution in [0.25, 0.3) is 0 Å². The third-order valence-corrected chi connectivity index (χ3v) is 6.93. The molecule has 3 rings (SSSR count). The number of nitrogens with one attached hydrogen (secondary N) is 1. The average molecular weight is 433 g/mol. The summed E-state index contributed by atoms with van der Waals surface area (Å²) in [5, 5.41) is 16.9. The molecule has 1 N–H and O–H groups in total. The summed E-state index contributed by atoms with van der Waals surface area (Å²) in [6.45, 7) is 1.26. The summed E-state index contributed by atoms with van der Waals surface area (Å²) in [6.07, 6.45) is 0. The molecule has 1 aromatic heterocycles. The van der Waals surface area contributed by atoms with E-state index < -0.39 is 16.7 Å². The zero-order valence-corrected chi connectivity index (χ0v) is 16.5. The Morgan fingerprint density at radius 3 is 2.69 bits per heavy atom. The molecule has 7 nitrogen and oxygen atoms in total. The number of benzene rings is 1. The van der Waals surface area contributed by atoms with Crippen LogP contribution in [0.2, 0.25) is 10.0 Å². The first-order chi connectivity index (χ1) is 12.4. The summed E-state index contributed by atoms with van der Waals surface area (Å²) in [5.41, 5.74) is 0.588. The van der Waals surface area contributed by atoms with Crippen LogP contribution < -0.4 is 10.2 Å². The average Bonchev–Trinajstić information content (AvgIpc) is 3.08. The number of halogens is 2. The number of amides is 2. The normalized spacial score (nSPS) is 14.9. The van der Waals surface area contributed by atoms with Gasteiger partial charge < -0.3 is 10.2 Å². The number of hydrogen-bond donors (Lipinski definition) is 1. The second-order valence-electron chi connectivity index (χ2n) is 5.37. The van der Waals surface area contributed by atoms with Gasteiger partial charge in [-0.3, -0.25) is 10.1 Å². The second kappa shape index (κ2) is 8.34. The van der Waals surface area contributed by atoms with Gasteiger partial charge in [-0.1, -0.05) is 33.9 Å². The van der Waals surface area contributed by atoms with Crippen LogP contribution in [-0.4, -0.2) is 35.5 Å². The van der Waals surface area contributed by atoms with Gasteiger partial charge in [-0.25, -0.2) is 4.79 Å². The summed E-state index contributed by atoms with van der Waals surface area (Å²) in [7, 11) is -0.422. The van der Waals surface area contributed by atoms with Crippen molar-refractivity contribution in [1.29, 1.82) is 0 Å². The lowest BCUT2D eigenvalue weighted by Gasteiger charge is -2.28. The molecule has 26 heavy (non-hydrogen) atoms. The molecule has 0 unspecified atom stereocenters. The van der Waals surface area contributed by atoms with E-state index in [0.717, 1.165) is 0 Å². The van der Waals surface area contributed by atoms with E-state index >= 15 is 0 Å². The summed E-state index contributed by atoms with van der Waals surface area (Å²) < 4.78 is 4.20. The minimum Gasteiger partial charge on any atom is -0.356 e. The Morgan fingerprint density at radius 1 is 1.31 bits per heavy atom. The largest absolute Gasteiger partial charge is 0.356 e. The monoisotopic (exact) mass is 432 g/mol. The Kier molecular flexibility index (Phi) is 6.13. The van der Waals surface area contributed by atoms with Crippen molar-refractivity contribution in [2.75, 3.05) is 34.8 Å². The van der Waals surface area contributed by atoms with E-state index in [1.165, 1.54) is 17.4 Å². The van der Waals surface area contributed by atoms with Crippen molar-refractivity contribution in [2.45, 2.75) is 0 Å². The Bertz CT molecular complexity index is 878. The standard InChI is InChI=1S/C15H14Cl2N4O3S2/c16-10-1-2-12(11(17)9-10)18-15(22)19-26-7-4-20(5-8-26)14-13(21(23)24)3-6-25-14/h1-3,6,9H,4-5,7-8H2,(H,18,22). The molecule has 0 radical (unpaired) electrons.